The summed E-state index contributed by atoms with van der Waals surface area (Å²) in [5, 5.41) is 0. The molecule has 0 unspecified atom stereocenters. The molecule has 0 nitrogen and oxygen atoms in total. The lowest BCUT2D eigenvalue weighted by atomic mass is 10.3. The lowest BCUT2D eigenvalue weighted by molar-refractivity contribution is 0.602. The number of hydrogen-bond acceptors (Lipinski definition) is 1. The van der Waals surface area contributed by atoms with Crippen LogP contribution in [-0.2, 0) is 0 Å². The number of halogens is 2. The molecule has 0 fully saturated rings. The Labute approximate surface area is 86.8 Å². The van der Waals surface area contributed by atoms with Crippen LogP contribution in [0.15, 0.2) is 41.3 Å². The summed E-state index contributed by atoms with van der Waals surface area (Å²) < 4.78 is 13.0. The topological polar surface area (TPSA) is 0 Å². The Morgan fingerprint density at radius 3 is 2.77 bits per heavy atom. The second-order valence-corrected chi connectivity index (χ2v) is 3.74. The molecular formula is C10H10ClFS. The van der Waals surface area contributed by atoms with Crippen LogP contribution in [0.25, 0.3) is 0 Å². The van der Waals surface area contributed by atoms with E-state index in [1.807, 2.05) is 18.2 Å². The highest BCUT2D eigenvalue weighted by Crippen LogP contribution is 2.20. The van der Waals surface area contributed by atoms with Crippen LogP contribution in [0.5, 0.6) is 0 Å². The molecule has 1 rings (SSSR count). The number of alkyl halides is 1. The fourth-order valence-corrected chi connectivity index (χ4v) is 1.75. The fraction of sp³-hybridized carbons (Fsp3) is 0.200. The SMILES string of the molecule is Fc1ccccc1SCC=CCCl. The molecule has 0 saturated carbocycles. The zero-order chi connectivity index (χ0) is 9.52. The lowest BCUT2D eigenvalue weighted by Crippen LogP contribution is -1.80. The maximum Gasteiger partial charge on any atom is 0.136 e. The molecule has 1 aromatic carbocycles. The van der Waals surface area contributed by atoms with Crippen molar-refractivity contribution >= 4 is 23.4 Å². The Morgan fingerprint density at radius 1 is 1.31 bits per heavy atom. The molecule has 0 aromatic heterocycles. The minimum absolute atomic E-state index is 0.160. The van der Waals surface area contributed by atoms with Crippen LogP contribution in [0.4, 0.5) is 4.39 Å². The molecular weight excluding hydrogens is 207 g/mol. The molecule has 0 N–H and O–H groups in total. The van der Waals surface area contributed by atoms with Crippen molar-refractivity contribution in [3.63, 3.8) is 0 Å². The van der Waals surface area contributed by atoms with Gasteiger partial charge in [0.05, 0.1) is 0 Å². The Bertz CT molecular complexity index is 286. The highest BCUT2D eigenvalue weighted by atomic mass is 35.5. The predicted molar refractivity (Wildman–Crippen MR) is 57.0 cm³/mol. The first kappa shape index (κ1) is 10.6. The van der Waals surface area contributed by atoms with E-state index in [2.05, 4.69) is 0 Å². The maximum atomic E-state index is 13.0. The van der Waals surface area contributed by atoms with Gasteiger partial charge in [0.1, 0.15) is 5.82 Å². The third-order valence-corrected chi connectivity index (χ3v) is 2.61. The van der Waals surface area contributed by atoms with Crippen molar-refractivity contribution in [2.75, 3.05) is 11.6 Å². The monoisotopic (exact) mass is 216 g/mol. The summed E-state index contributed by atoms with van der Waals surface area (Å²) in [5.74, 6) is 1.11. The third-order valence-electron chi connectivity index (χ3n) is 1.43. The van der Waals surface area contributed by atoms with Gasteiger partial charge in [0, 0.05) is 16.5 Å². The first-order valence-corrected chi connectivity index (χ1v) is 5.45. The molecule has 0 aliphatic rings. The molecule has 0 saturated heterocycles. The van der Waals surface area contributed by atoms with Crippen molar-refractivity contribution in [1.29, 1.82) is 0 Å². The standard InChI is InChI=1S/C10H10ClFS/c11-7-3-4-8-13-10-6-2-1-5-9(10)12/h1-6H,7-8H2. The van der Waals surface area contributed by atoms with Crippen molar-refractivity contribution in [2.24, 2.45) is 0 Å². The van der Waals surface area contributed by atoms with Gasteiger partial charge in [-0.15, -0.1) is 23.4 Å². The minimum Gasteiger partial charge on any atom is -0.206 e. The van der Waals surface area contributed by atoms with E-state index in [1.54, 1.807) is 12.1 Å². The van der Waals surface area contributed by atoms with Gasteiger partial charge in [0.15, 0.2) is 0 Å². The van der Waals surface area contributed by atoms with Gasteiger partial charge < -0.3 is 0 Å². The zero-order valence-corrected chi connectivity index (χ0v) is 8.61. The van der Waals surface area contributed by atoms with Gasteiger partial charge in [-0.05, 0) is 12.1 Å². The first-order chi connectivity index (χ1) is 6.34. The smallest absolute Gasteiger partial charge is 0.136 e. The quantitative estimate of drug-likeness (QED) is 0.420. The zero-order valence-electron chi connectivity index (χ0n) is 7.04. The molecule has 3 heteroatoms. The van der Waals surface area contributed by atoms with E-state index in [-0.39, 0.29) is 5.82 Å². The van der Waals surface area contributed by atoms with E-state index in [0.29, 0.717) is 10.8 Å². The molecule has 0 radical (unpaired) electrons. The van der Waals surface area contributed by atoms with Crippen LogP contribution in [-0.4, -0.2) is 11.6 Å². The van der Waals surface area contributed by atoms with Gasteiger partial charge in [-0.25, -0.2) is 4.39 Å². The molecule has 0 atom stereocenters. The van der Waals surface area contributed by atoms with Gasteiger partial charge in [-0.3, -0.25) is 0 Å². The Hall–Kier alpha value is -0.470. The lowest BCUT2D eigenvalue weighted by Gasteiger charge is -1.98. The van der Waals surface area contributed by atoms with E-state index in [9.17, 15) is 4.39 Å². The molecule has 0 amide bonds. The van der Waals surface area contributed by atoms with Gasteiger partial charge in [-0.1, -0.05) is 24.3 Å². The minimum atomic E-state index is -0.160. The van der Waals surface area contributed by atoms with E-state index in [1.165, 1.54) is 17.8 Å². The van der Waals surface area contributed by atoms with Crippen LogP contribution < -0.4 is 0 Å². The van der Waals surface area contributed by atoms with Crippen LogP contribution in [0.2, 0.25) is 0 Å². The van der Waals surface area contributed by atoms with Crippen molar-refractivity contribution < 1.29 is 4.39 Å². The summed E-state index contributed by atoms with van der Waals surface area (Å²) in [6.45, 7) is 0. The van der Waals surface area contributed by atoms with Gasteiger partial charge in [0.2, 0.25) is 0 Å². The number of benzene rings is 1. The van der Waals surface area contributed by atoms with Crippen LogP contribution >= 0.6 is 23.4 Å². The van der Waals surface area contributed by atoms with Crippen LogP contribution in [0.1, 0.15) is 0 Å². The molecule has 0 aliphatic heterocycles. The second kappa shape index (κ2) is 6.06. The van der Waals surface area contributed by atoms with E-state index in [0.717, 1.165) is 5.75 Å². The van der Waals surface area contributed by atoms with E-state index in [4.69, 9.17) is 11.6 Å². The summed E-state index contributed by atoms with van der Waals surface area (Å²) in [5.41, 5.74) is 0. The van der Waals surface area contributed by atoms with Gasteiger partial charge >= 0.3 is 0 Å². The number of hydrogen-bond donors (Lipinski definition) is 0. The summed E-state index contributed by atoms with van der Waals surface area (Å²) >= 11 is 6.91. The molecule has 13 heavy (non-hydrogen) atoms. The van der Waals surface area contributed by atoms with E-state index < -0.39 is 0 Å². The Balaban J connectivity index is 2.45. The third kappa shape index (κ3) is 3.83. The average molecular weight is 217 g/mol. The second-order valence-electron chi connectivity index (χ2n) is 2.37. The Kier molecular flexibility index (Phi) is 4.94. The summed E-state index contributed by atoms with van der Waals surface area (Å²) in [7, 11) is 0. The Morgan fingerprint density at radius 2 is 2.08 bits per heavy atom. The molecule has 0 aliphatic carbocycles. The molecule has 0 heterocycles. The van der Waals surface area contributed by atoms with Crippen molar-refractivity contribution in [2.45, 2.75) is 4.90 Å². The molecule has 0 bridgehead atoms. The molecule has 1 aromatic rings. The predicted octanol–water partition coefficient (Wildman–Crippen LogP) is 3.71. The first-order valence-electron chi connectivity index (χ1n) is 3.93. The number of thioether (sulfide) groups is 1. The fourth-order valence-electron chi connectivity index (χ4n) is 0.831. The van der Waals surface area contributed by atoms with Gasteiger partial charge in [0.25, 0.3) is 0 Å². The summed E-state index contributed by atoms with van der Waals surface area (Å²) in [6, 6.07) is 6.76. The largest absolute Gasteiger partial charge is 0.206 e. The van der Waals surface area contributed by atoms with Crippen LogP contribution in [0.3, 0.4) is 0 Å². The highest BCUT2D eigenvalue weighted by molar-refractivity contribution is 7.99. The average Bonchev–Trinajstić information content (AvgIpc) is 2.15. The van der Waals surface area contributed by atoms with E-state index >= 15 is 0 Å². The molecule has 0 spiro atoms. The van der Waals surface area contributed by atoms with Crippen molar-refractivity contribution in [3.05, 3.63) is 42.2 Å². The summed E-state index contributed by atoms with van der Waals surface area (Å²) in [6.07, 6.45) is 3.79. The molecule has 70 valence electrons. The normalized spacial score (nSPS) is 10.9. The van der Waals surface area contributed by atoms with Crippen LogP contribution in [0, 0.1) is 5.82 Å². The van der Waals surface area contributed by atoms with Crippen molar-refractivity contribution in [1.82, 2.24) is 0 Å². The highest BCUT2D eigenvalue weighted by Gasteiger charge is 1.98. The summed E-state index contributed by atoms with van der Waals surface area (Å²) in [4.78, 5) is 0.682. The number of rotatable bonds is 4. The van der Waals surface area contributed by atoms with Gasteiger partial charge in [-0.2, -0.15) is 0 Å². The maximum absolute atomic E-state index is 13.0. The van der Waals surface area contributed by atoms with Crippen molar-refractivity contribution in [3.8, 4) is 0 Å². The number of allylic oxidation sites excluding steroid dienone is 1.